The zero-order valence-corrected chi connectivity index (χ0v) is 12.1. The van der Waals surface area contributed by atoms with Gasteiger partial charge in [0, 0.05) is 0 Å². The molecule has 1 aromatic rings. The van der Waals surface area contributed by atoms with Crippen molar-refractivity contribution >= 4 is 29.2 Å². The van der Waals surface area contributed by atoms with Crippen LogP contribution in [0.15, 0.2) is 18.2 Å². The number of halogens is 1. The fraction of sp³-hybridized carbons (Fsp3) is 0.385. The van der Waals surface area contributed by atoms with Gasteiger partial charge >= 0.3 is 5.97 Å². The summed E-state index contributed by atoms with van der Waals surface area (Å²) in [7, 11) is 2.98. The Morgan fingerprint density at radius 2 is 1.95 bits per heavy atom. The number of carbonyl (C=O) groups is 2. The van der Waals surface area contributed by atoms with Crippen molar-refractivity contribution < 1.29 is 14.3 Å². The van der Waals surface area contributed by atoms with E-state index in [0.29, 0.717) is 16.3 Å². The monoisotopic (exact) mass is 284 g/mol. The lowest BCUT2D eigenvalue weighted by molar-refractivity contribution is -0.121. The minimum Gasteiger partial charge on any atom is -0.465 e. The fourth-order valence-electron chi connectivity index (χ4n) is 1.26. The SMILES string of the molecule is CNC(C)(C)C(=O)Nc1cc(C(=O)OC)ccc1Cl. The van der Waals surface area contributed by atoms with Gasteiger partial charge in [-0.2, -0.15) is 0 Å². The lowest BCUT2D eigenvalue weighted by Crippen LogP contribution is -2.47. The minimum absolute atomic E-state index is 0.251. The normalized spacial score (nSPS) is 11.0. The van der Waals surface area contributed by atoms with Gasteiger partial charge in [-0.05, 0) is 39.1 Å². The maximum atomic E-state index is 12.0. The zero-order chi connectivity index (χ0) is 14.6. The van der Waals surface area contributed by atoms with Crippen molar-refractivity contribution in [3.8, 4) is 0 Å². The summed E-state index contributed by atoms with van der Waals surface area (Å²) < 4.78 is 4.62. The maximum absolute atomic E-state index is 12.0. The number of methoxy groups -OCH3 is 1. The average Bonchev–Trinajstić information content (AvgIpc) is 2.40. The molecule has 0 aliphatic carbocycles. The van der Waals surface area contributed by atoms with Crippen LogP contribution in [0, 0.1) is 0 Å². The molecule has 0 unspecified atom stereocenters. The summed E-state index contributed by atoms with van der Waals surface area (Å²) in [5, 5.41) is 5.92. The van der Waals surface area contributed by atoms with Gasteiger partial charge in [0.25, 0.3) is 0 Å². The second-order valence-electron chi connectivity index (χ2n) is 4.52. The van der Waals surface area contributed by atoms with Crippen molar-refractivity contribution in [3.05, 3.63) is 28.8 Å². The highest BCUT2D eigenvalue weighted by Gasteiger charge is 2.26. The number of likely N-dealkylation sites (N-methyl/N-ethyl adjacent to an activating group) is 1. The van der Waals surface area contributed by atoms with E-state index in [4.69, 9.17) is 11.6 Å². The molecule has 1 rings (SSSR count). The van der Waals surface area contributed by atoms with E-state index >= 15 is 0 Å². The Bertz CT molecular complexity index is 501. The van der Waals surface area contributed by atoms with Crippen LogP contribution in [0.4, 0.5) is 5.69 Å². The zero-order valence-electron chi connectivity index (χ0n) is 11.3. The fourth-order valence-corrected chi connectivity index (χ4v) is 1.42. The van der Waals surface area contributed by atoms with Gasteiger partial charge in [0.15, 0.2) is 0 Å². The molecule has 0 aliphatic heterocycles. The first-order chi connectivity index (χ1) is 8.81. The molecule has 1 aromatic carbocycles. The molecule has 1 amide bonds. The van der Waals surface area contributed by atoms with Gasteiger partial charge in [-0.1, -0.05) is 11.6 Å². The van der Waals surface area contributed by atoms with E-state index in [1.807, 2.05) is 0 Å². The summed E-state index contributed by atoms with van der Waals surface area (Å²) in [5.74, 6) is -0.737. The summed E-state index contributed by atoms with van der Waals surface area (Å²) >= 11 is 5.99. The molecule has 2 N–H and O–H groups in total. The van der Waals surface area contributed by atoms with E-state index in [1.165, 1.54) is 25.3 Å². The minimum atomic E-state index is -0.745. The first-order valence-electron chi connectivity index (χ1n) is 5.70. The molecule has 0 aliphatic rings. The number of rotatable bonds is 4. The highest BCUT2D eigenvalue weighted by Crippen LogP contribution is 2.24. The van der Waals surface area contributed by atoms with Crippen LogP contribution < -0.4 is 10.6 Å². The van der Waals surface area contributed by atoms with Gasteiger partial charge < -0.3 is 15.4 Å². The third-order valence-corrected chi connectivity index (χ3v) is 3.16. The molecule has 0 heterocycles. The number of nitrogens with one attached hydrogen (secondary N) is 2. The number of amides is 1. The number of anilines is 1. The Morgan fingerprint density at radius 1 is 1.32 bits per heavy atom. The molecule has 104 valence electrons. The first-order valence-corrected chi connectivity index (χ1v) is 6.08. The van der Waals surface area contributed by atoms with Gasteiger partial charge in [0.2, 0.25) is 5.91 Å². The van der Waals surface area contributed by atoms with Crippen molar-refractivity contribution in [2.75, 3.05) is 19.5 Å². The third-order valence-electron chi connectivity index (χ3n) is 2.83. The number of hydrogen-bond acceptors (Lipinski definition) is 4. The lowest BCUT2D eigenvalue weighted by atomic mass is 10.0. The summed E-state index contributed by atoms with van der Waals surface area (Å²) in [5.41, 5.74) is -0.0488. The Kier molecular flexibility index (Phi) is 4.91. The molecule has 0 bridgehead atoms. The molecule has 0 atom stereocenters. The van der Waals surface area contributed by atoms with Crippen molar-refractivity contribution in [2.24, 2.45) is 0 Å². The van der Waals surface area contributed by atoms with E-state index in [-0.39, 0.29) is 5.91 Å². The molecule has 0 spiro atoms. The van der Waals surface area contributed by atoms with Crippen molar-refractivity contribution in [2.45, 2.75) is 19.4 Å². The van der Waals surface area contributed by atoms with Crippen LogP contribution in [-0.4, -0.2) is 31.6 Å². The molecule has 6 heteroatoms. The molecule has 19 heavy (non-hydrogen) atoms. The second kappa shape index (κ2) is 6.04. The second-order valence-corrected chi connectivity index (χ2v) is 4.92. The van der Waals surface area contributed by atoms with E-state index in [0.717, 1.165) is 0 Å². The van der Waals surface area contributed by atoms with Crippen LogP contribution in [0.3, 0.4) is 0 Å². The van der Waals surface area contributed by atoms with Crippen LogP contribution in [0.2, 0.25) is 5.02 Å². The Morgan fingerprint density at radius 3 is 2.47 bits per heavy atom. The smallest absolute Gasteiger partial charge is 0.337 e. The van der Waals surface area contributed by atoms with Crippen molar-refractivity contribution in [1.82, 2.24) is 5.32 Å². The largest absolute Gasteiger partial charge is 0.465 e. The lowest BCUT2D eigenvalue weighted by Gasteiger charge is -2.23. The highest BCUT2D eigenvalue weighted by molar-refractivity contribution is 6.34. The molecule has 5 nitrogen and oxygen atoms in total. The summed E-state index contributed by atoms with van der Waals surface area (Å²) in [6, 6.07) is 4.56. The maximum Gasteiger partial charge on any atom is 0.337 e. The topological polar surface area (TPSA) is 67.4 Å². The first kappa shape index (κ1) is 15.5. The number of carbonyl (C=O) groups excluding carboxylic acids is 2. The van der Waals surface area contributed by atoms with Crippen LogP contribution >= 0.6 is 11.6 Å². The Hall–Kier alpha value is -1.59. The standard InChI is InChI=1S/C13H17ClN2O3/c1-13(2,15-3)12(18)16-10-7-8(11(17)19-4)5-6-9(10)14/h5-7,15H,1-4H3,(H,16,18). The average molecular weight is 285 g/mol. The van der Waals surface area contributed by atoms with Gasteiger partial charge in [0.1, 0.15) is 0 Å². The molecule has 0 radical (unpaired) electrons. The highest BCUT2D eigenvalue weighted by atomic mass is 35.5. The molecule has 0 fully saturated rings. The number of esters is 1. The van der Waals surface area contributed by atoms with Gasteiger partial charge in [-0.25, -0.2) is 4.79 Å². The number of ether oxygens (including phenoxy) is 1. The Labute approximate surface area is 117 Å². The van der Waals surface area contributed by atoms with E-state index in [1.54, 1.807) is 20.9 Å². The van der Waals surface area contributed by atoms with Crippen LogP contribution in [0.1, 0.15) is 24.2 Å². The van der Waals surface area contributed by atoms with Crippen molar-refractivity contribution in [3.63, 3.8) is 0 Å². The van der Waals surface area contributed by atoms with Gasteiger partial charge in [-0.15, -0.1) is 0 Å². The summed E-state index contributed by atoms with van der Waals surface area (Å²) in [6.07, 6.45) is 0. The Balaban J connectivity index is 3.01. The number of benzene rings is 1. The summed E-state index contributed by atoms with van der Waals surface area (Å²) in [4.78, 5) is 23.4. The molecular formula is C13H17ClN2O3. The molecular weight excluding hydrogens is 268 g/mol. The molecule has 0 saturated heterocycles. The molecule has 0 aromatic heterocycles. The van der Waals surface area contributed by atoms with Crippen LogP contribution in [0.25, 0.3) is 0 Å². The van der Waals surface area contributed by atoms with Crippen LogP contribution in [0.5, 0.6) is 0 Å². The molecule has 0 saturated carbocycles. The van der Waals surface area contributed by atoms with Gasteiger partial charge in [0.05, 0.1) is 28.9 Å². The summed E-state index contributed by atoms with van der Waals surface area (Å²) in [6.45, 7) is 3.47. The predicted octanol–water partition coefficient (Wildman–Crippen LogP) is 2.06. The van der Waals surface area contributed by atoms with Crippen molar-refractivity contribution in [1.29, 1.82) is 0 Å². The van der Waals surface area contributed by atoms with E-state index < -0.39 is 11.5 Å². The predicted molar refractivity (Wildman–Crippen MR) is 74.6 cm³/mol. The van der Waals surface area contributed by atoms with E-state index in [9.17, 15) is 9.59 Å². The van der Waals surface area contributed by atoms with E-state index in [2.05, 4.69) is 15.4 Å². The number of hydrogen-bond donors (Lipinski definition) is 2. The third kappa shape index (κ3) is 3.68. The van der Waals surface area contributed by atoms with Gasteiger partial charge in [-0.3, -0.25) is 4.79 Å². The van der Waals surface area contributed by atoms with Crippen LogP contribution in [-0.2, 0) is 9.53 Å². The quantitative estimate of drug-likeness (QED) is 0.831.